The molecule has 2 aliphatic rings. The molecule has 0 bridgehead atoms. The molecular weight excluding hydrogens is 192 g/mol. The second kappa shape index (κ2) is 3.79. The van der Waals surface area contributed by atoms with Crippen molar-refractivity contribution in [2.75, 3.05) is 0 Å². The zero-order valence-corrected chi connectivity index (χ0v) is 9.56. The third-order valence-corrected chi connectivity index (χ3v) is 3.79. The average molecular weight is 208 g/mol. The maximum atomic E-state index is 2.35. The van der Waals surface area contributed by atoms with Gasteiger partial charge in [0.2, 0.25) is 0 Å². The van der Waals surface area contributed by atoms with Crippen LogP contribution in [0.1, 0.15) is 30.4 Å². The summed E-state index contributed by atoms with van der Waals surface area (Å²) >= 11 is 0. The lowest BCUT2D eigenvalue weighted by molar-refractivity contribution is 0.527. The van der Waals surface area contributed by atoms with E-state index in [0.29, 0.717) is 11.8 Å². The van der Waals surface area contributed by atoms with Crippen molar-refractivity contribution in [1.82, 2.24) is 0 Å². The molecule has 0 radical (unpaired) electrons. The Bertz CT molecular complexity index is 489. The van der Waals surface area contributed by atoms with Crippen molar-refractivity contribution in [2.24, 2.45) is 5.92 Å². The summed E-state index contributed by atoms with van der Waals surface area (Å²) in [4.78, 5) is 0. The van der Waals surface area contributed by atoms with Gasteiger partial charge < -0.3 is 0 Å². The Morgan fingerprint density at radius 3 is 2.94 bits per heavy atom. The summed E-state index contributed by atoms with van der Waals surface area (Å²) < 4.78 is 0. The number of hydrogen-bond acceptors (Lipinski definition) is 0. The zero-order valence-electron chi connectivity index (χ0n) is 9.56. The second-order valence-electron chi connectivity index (χ2n) is 4.69. The molecule has 0 fully saturated rings. The Hall–Kier alpha value is -1.56. The molecule has 0 aromatic heterocycles. The van der Waals surface area contributed by atoms with Crippen LogP contribution in [0.5, 0.6) is 0 Å². The predicted octanol–water partition coefficient (Wildman–Crippen LogP) is 4.32. The van der Waals surface area contributed by atoms with Gasteiger partial charge in [0.15, 0.2) is 0 Å². The van der Waals surface area contributed by atoms with Crippen LogP contribution in [0.2, 0.25) is 0 Å². The molecule has 0 saturated carbocycles. The van der Waals surface area contributed by atoms with Gasteiger partial charge in [0.25, 0.3) is 0 Å². The summed E-state index contributed by atoms with van der Waals surface area (Å²) in [6.07, 6.45) is 12.4. The molecule has 0 aliphatic heterocycles. The summed E-state index contributed by atoms with van der Waals surface area (Å²) in [5.41, 5.74) is 4.35. The van der Waals surface area contributed by atoms with Crippen molar-refractivity contribution in [3.63, 3.8) is 0 Å². The Kier molecular flexibility index (Phi) is 2.28. The molecule has 0 heteroatoms. The van der Waals surface area contributed by atoms with Gasteiger partial charge in [-0.3, -0.25) is 0 Å². The van der Waals surface area contributed by atoms with Crippen molar-refractivity contribution in [1.29, 1.82) is 0 Å². The summed E-state index contributed by atoms with van der Waals surface area (Å²) in [5.74, 6) is 1.27. The lowest BCUT2D eigenvalue weighted by atomic mass is 9.79. The van der Waals surface area contributed by atoms with E-state index in [0.717, 1.165) is 0 Å². The van der Waals surface area contributed by atoms with Crippen molar-refractivity contribution >= 4 is 6.08 Å². The van der Waals surface area contributed by atoms with E-state index in [1.54, 1.807) is 0 Å². The largest absolute Gasteiger partial charge is 0.0839 e. The van der Waals surface area contributed by atoms with Crippen LogP contribution in [-0.2, 0) is 0 Å². The molecule has 0 heterocycles. The first-order valence-electron chi connectivity index (χ1n) is 6.00. The van der Waals surface area contributed by atoms with E-state index >= 15 is 0 Å². The highest BCUT2D eigenvalue weighted by Gasteiger charge is 2.25. The molecule has 2 unspecified atom stereocenters. The standard InChI is InChI=1S/C16H16/c1-12-15-8-4-2-6-13(15)10-11-14-7-3-5-9-16(12)14/h2-8,10-12,16H,9H2,1H3. The monoisotopic (exact) mass is 208 g/mol. The molecule has 0 spiro atoms. The highest BCUT2D eigenvalue weighted by atomic mass is 14.3. The summed E-state index contributed by atoms with van der Waals surface area (Å²) in [6, 6.07) is 8.76. The van der Waals surface area contributed by atoms with E-state index in [-0.39, 0.29) is 0 Å². The van der Waals surface area contributed by atoms with Crippen LogP contribution in [0.25, 0.3) is 6.08 Å². The molecule has 3 rings (SSSR count). The molecular formula is C16H16. The molecule has 0 N–H and O–H groups in total. The van der Waals surface area contributed by atoms with Gasteiger partial charge in [-0.25, -0.2) is 0 Å². The lowest BCUT2D eigenvalue weighted by Crippen LogP contribution is -2.12. The first kappa shape index (κ1) is 9.65. The van der Waals surface area contributed by atoms with Gasteiger partial charge in [-0.1, -0.05) is 61.6 Å². The topological polar surface area (TPSA) is 0 Å². The Labute approximate surface area is 97.0 Å². The summed E-state index contributed by atoms with van der Waals surface area (Å²) in [6.45, 7) is 2.35. The molecule has 2 atom stereocenters. The molecule has 0 amide bonds. The van der Waals surface area contributed by atoms with Crippen LogP contribution in [0.4, 0.5) is 0 Å². The highest BCUT2D eigenvalue weighted by molar-refractivity contribution is 5.61. The van der Waals surface area contributed by atoms with Crippen LogP contribution in [-0.4, -0.2) is 0 Å². The van der Waals surface area contributed by atoms with Crippen LogP contribution < -0.4 is 0 Å². The van der Waals surface area contributed by atoms with Gasteiger partial charge in [0, 0.05) is 0 Å². The van der Waals surface area contributed by atoms with Crippen LogP contribution in [0.3, 0.4) is 0 Å². The van der Waals surface area contributed by atoms with Crippen molar-refractivity contribution in [3.05, 3.63) is 65.3 Å². The third-order valence-electron chi connectivity index (χ3n) is 3.79. The molecule has 1 aromatic rings. The van der Waals surface area contributed by atoms with Gasteiger partial charge in [0.05, 0.1) is 0 Å². The van der Waals surface area contributed by atoms with Gasteiger partial charge in [-0.2, -0.15) is 0 Å². The number of hydrogen-bond donors (Lipinski definition) is 0. The molecule has 0 nitrogen and oxygen atoms in total. The molecule has 16 heavy (non-hydrogen) atoms. The quantitative estimate of drug-likeness (QED) is 0.595. The number of allylic oxidation sites excluding steroid dienone is 5. The highest BCUT2D eigenvalue weighted by Crippen LogP contribution is 2.39. The number of rotatable bonds is 0. The van der Waals surface area contributed by atoms with E-state index in [9.17, 15) is 0 Å². The fourth-order valence-corrected chi connectivity index (χ4v) is 2.82. The van der Waals surface area contributed by atoms with Crippen LogP contribution >= 0.6 is 0 Å². The van der Waals surface area contributed by atoms with Crippen LogP contribution in [0, 0.1) is 5.92 Å². The van der Waals surface area contributed by atoms with Crippen molar-refractivity contribution in [2.45, 2.75) is 19.3 Å². The predicted molar refractivity (Wildman–Crippen MR) is 69.2 cm³/mol. The van der Waals surface area contributed by atoms with E-state index in [4.69, 9.17) is 0 Å². The van der Waals surface area contributed by atoms with Gasteiger partial charge in [0.1, 0.15) is 0 Å². The Balaban J connectivity index is 2.13. The second-order valence-corrected chi connectivity index (χ2v) is 4.69. The summed E-state index contributed by atoms with van der Waals surface area (Å²) in [7, 11) is 0. The lowest BCUT2D eigenvalue weighted by Gasteiger charge is -2.25. The molecule has 2 aliphatic carbocycles. The average Bonchev–Trinajstić information content (AvgIpc) is 2.49. The zero-order chi connectivity index (χ0) is 11.0. The first-order chi connectivity index (χ1) is 7.86. The molecule has 0 saturated heterocycles. The van der Waals surface area contributed by atoms with E-state index in [1.165, 1.54) is 23.1 Å². The first-order valence-corrected chi connectivity index (χ1v) is 6.00. The van der Waals surface area contributed by atoms with Gasteiger partial charge >= 0.3 is 0 Å². The van der Waals surface area contributed by atoms with Crippen molar-refractivity contribution < 1.29 is 0 Å². The van der Waals surface area contributed by atoms with E-state index in [1.807, 2.05) is 0 Å². The van der Waals surface area contributed by atoms with Crippen molar-refractivity contribution in [3.8, 4) is 0 Å². The fraction of sp³-hybridized carbons (Fsp3) is 0.250. The normalized spacial score (nSPS) is 26.7. The Morgan fingerprint density at radius 2 is 2.00 bits per heavy atom. The van der Waals surface area contributed by atoms with E-state index < -0.39 is 0 Å². The molecule has 80 valence electrons. The molecule has 1 aromatic carbocycles. The smallest absolute Gasteiger partial charge is 0.00609 e. The summed E-state index contributed by atoms with van der Waals surface area (Å²) in [5, 5.41) is 0. The van der Waals surface area contributed by atoms with E-state index in [2.05, 4.69) is 61.6 Å². The minimum atomic E-state index is 0.613. The third kappa shape index (κ3) is 1.46. The van der Waals surface area contributed by atoms with Gasteiger partial charge in [-0.05, 0) is 35.0 Å². The SMILES string of the molecule is CC1c2ccccc2C=CC2=CC=CCC21. The minimum absolute atomic E-state index is 0.613. The fourth-order valence-electron chi connectivity index (χ4n) is 2.82. The maximum Gasteiger partial charge on any atom is -0.00609 e. The maximum absolute atomic E-state index is 2.35. The minimum Gasteiger partial charge on any atom is -0.0839 e. The number of benzene rings is 1. The van der Waals surface area contributed by atoms with Crippen LogP contribution in [0.15, 0.2) is 54.1 Å². The number of fused-ring (bicyclic) bond motifs is 2. The Morgan fingerprint density at radius 1 is 1.12 bits per heavy atom. The van der Waals surface area contributed by atoms with Gasteiger partial charge in [-0.15, -0.1) is 0 Å².